The molecular weight excluding hydrogens is 333 g/mol. The monoisotopic (exact) mass is 347 g/mol. The normalized spacial score (nSPS) is 10.8. The van der Waals surface area contributed by atoms with Gasteiger partial charge in [-0.25, -0.2) is 4.68 Å². The third-order valence-electron chi connectivity index (χ3n) is 3.51. The third kappa shape index (κ3) is 3.28. The van der Waals surface area contributed by atoms with E-state index in [4.69, 9.17) is 33.7 Å². The number of nitrogen functional groups attached to an aromatic ring is 1. The minimum atomic E-state index is 0.479. The zero-order valence-corrected chi connectivity index (χ0v) is 14.2. The van der Waals surface area contributed by atoms with Gasteiger partial charge in [0.05, 0.1) is 15.7 Å². The van der Waals surface area contributed by atoms with Crippen molar-refractivity contribution in [1.29, 1.82) is 0 Å². The molecule has 0 aliphatic rings. The molecule has 2 aromatic carbocycles. The quantitative estimate of drug-likeness (QED) is 0.664. The first kappa shape index (κ1) is 15.7. The first-order chi connectivity index (χ1) is 10.9. The van der Waals surface area contributed by atoms with Crippen molar-refractivity contribution in [2.75, 3.05) is 5.73 Å². The van der Waals surface area contributed by atoms with Crippen LogP contribution in [-0.4, -0.2) is 9.78 Å². The van der Waals surface area contributed by atoms with Gasteiger partial charge < -0.3 is 10.5 Å². The number of benzene rings is 2. The Morgan fingerprint density at radius 3 is 2.52 bits per heavy atom. The summed E-state index contributed by atoms with van der Waals surface area (Å²) >= 11 is 12.0. The molecule has 0 bridgehead atoms. The summed E-state index contributed by atoms with van der Waals surface area (Å²) in [7, 11) is 0. The molecule has 4 nitrogen and oxygen atoms in total. The molecule has 0 unspecified atom stereocenters. The maximum atomic E-state index is 6.04. The van der Waals surface area contributed by atoms with Gasteiger partial charge in [0.2, 0.25) is 5.88 Å². The van der Waals surface area contributed by atoms with Gasteiger partial charge in [0.25, 0.3) is 0 Å². The lowest BCUT2D eigenvalue weighted by Crippen LogP contribution is -1.97. The van der Waals surface area contributed by atoms with Gasteiger partial charge in [-0.15, -0.1) is 5.10 Å². The lowest BCUT2D eigenvalue weighted by molar-refractivity contribution is 0.454. The van der Waals surface area contributed by atoms with E-state index in [2.05, 4.69) is 5.10 Å². The third-order valence-corrected chi connectivity index (χ3v) is 4.25. The highest BCUT2D eigenvalue weighted by atomic mass is 35.5. The highest BCUT2D eigenvalue weighted by Crippen LogP contribution is 2.29. The van der Waals surface area contributed by atoms with Crippen molar-refractivity contribution >= 4 is 28.9 Å². The van der Waals surface area contributed by atoms with Crippen LogP contribution in [0.5, 0.6) is 11.6 Å². The number of nitrogens with zero attached hydrogens (tertiary/aromatic N) is 2. The first-order valence-corrected chi connectivity index (χ1v) is 7.75. The number of hydrogen-bond donors (Lipinski definition) is 1. The molecule has 0 radical (unpaired) electrons. The van der Waals surface area contributed by atoms with E-state index < -0.39 is 0 Å². The minimum absolute atomic E-state index is 0.479. The Labute approximate surface area is 144 Å². The van der Waals surface area contributed by atoms with Crippen molar-refractivity contribution < 1.29 is 4.74 Å². The smallest absolute Gasteiger partial charge is 0.238 e. The molecule has 1 aromatic heterocycles. The second kappa shape index (κ2) is 6.14. The van der Waals surface area contributed by atoms with Gasteiger partial charge in [-0.3, -0.25) is 0 Å². The second-order valence-corrected chi connectivity index (χ2v) is 6.09. The lowest BCUT2D eigenvalue weighted by atomic mass is 10.1. The minimum Gasteiger partial charge on any atom is -0.437 e. The van der Waals surface area contributed by atoms with E-state index in [1.54, 1.807) is 29.1 Å². The molecule has 0 spiro atoms. The number of halogens is 2. The van der Waals surface area contributed by atoms with Crippen LogP contribution in [0.15, 0.2) is 42.6 Å². The molecule has 23 heavy (non-hydrogen) atoms. The SMILES string of the molecule is Cc1cc(Oc2ccn(-c3ccc(Cl)c(Cl)c3)n2)c(C)cc1N. The average molecular weight is 348 g/mol. The molecular formula is C17H15Cl2N3O. The van der Waals surface area contributed by atoms with Gasteiger partial charge in [0.1, 0.15) is 5.75 Å². The van der Waals surface area contributed by atoms with E-state index in [9.17, 15) is 0 Å². The Kier molecular flexibility index (Phi) is 4.20. The van der Waals surface area contributed by atoms with Gasteiger partial charge in [-0.2, -0.15) is 0 Å². The van der Waals surface area contributed by atoms with Crippen LogP contribution in [0.2, 0.25) is 10.0 Å². The molecule has 0 atom stereocenters. The first-order valence-electron chi connectivity index (χ1n) is 7.00. The van der Waals surface area contributed by atoms with E-state index in [1.807, 2.05) is 32.0 Å². The van der Waals surface area contributed by atoms with Gasteiger partial charge in [0.15, 0.2) is 0 Å². The van der Waals surface area contributed by atoms with Crippen LogP contribution < -0.4 is 10.5 Å². The predicted molar refractivity (Wildman–Crippen MR) is 94.0 cm³/mol. The number of aromatic nitrogens is 2. The van der Waals surface area contributed by atoms with E-state index in [0.717, 1.165) is 28.3 Å². The number of hydrogen-bond acceptors (Lipinski definition) is 3. The Hall–Kier alpha value is -2.17. The number of rotatable bonds is 3. The molecule has 0 fully saturated rings. The van der Waals surface area contributed by atoms with Gasteiger partial charge >= 0.3 is 0 Å². The molecule has 2 N–H and O–H groups in total. The Morgan fingerprint density at radius 2 is 1.78 bits per heavy atom. The van der Waals surface area contributed by atoms with E-state index >= 15 is 0 Å². The standard InChI is InChI=1S/C17H15Cl2N3O/c1-10-8-16(11(2)7-15(10)20)23-17-5-6-22(21-17)12-3-4-13(18)14(19)9-12/h3-9H,20H2,1-2H3. The molecule has 0 saturated carbocycles. The van der Waals surface area contributed by atoms with Crippen LogP contribution in [0.4, 0.5) is 5.69 Å². The summed E-state index contributed by atoms with van der Waals surface area (Å²) in [6.07, 6.45) is 1.80. The molecule has 118 valence electrons. The molecule has 0 aliphatic heterocycles. The Bertz CT molecular complexity index is 874. The molecule has 6 heteroatoms. The topological polar surface area (TPSA) is 53.1 Å². The largest absolute Gasteiger partial charge is 0.437 e. The molecule has 1 heterocycles. The van der Waals surface area contributed by atoms with Gasteiger partial charge in [-0.1, -0.05) is 23.2 Å². The van der Waals surface area contributed by atoms with Crippen molar-refractivity contribution in [2.24, 2.45) is 0 Å². The number of nitrogens with two attached hydrogens (primary N) is 1. The lowest BCUT2D eigenvalue weighted by Gasteiger charge is -2.09. The molecule has 0 aliphatic carbocycles. The highest BCUT2D eigenvalue weighted by molar-refractivity contribution is 6.42. The predicted octanol–water partition coefficient (Wildman–Crippen LogP) is 5.17. The van der Waals surface area contributed by atoms with Gasteiger partial charge in [0, 0.05) is 18.0 Å². The van der Waals surface area contributed by atoms with Crippen LogP contribution in [0.1, 0.15) is 11.1 Å². The number of anilines is 1. The van der Waals surface area contributed by atoms with E-state index in [-0.39, 0.29) is 0 Å². The maximum absolute atomic E-state index is 6.04. The maximum Gasteiger partial charge on any atom is 0.238 e. The van der Waals surface area contributed by atoms with Gasteiger partial charge in [-0.05, 0) is 55.3 Å². The average Bonchev–Trinajstić information content (AvgIpc) is 2.96. The molecule has 0 saturated heterocycles. The number of ether oxygens (including phenoxy) is 1. The van der Waals surface area contributed by atoms with E-state index in [0.29, 0.717) is 15.9 Å². The fraction of sp³-hybridized carbons (Fsp3) is 0.118. The summed E-state index contributed by atoms with van der Waals surface area (Å²) in [6, 6.07) is 10.9. The summed E-state index contributed by atoms with van der Waals surface area (Å²) < 4.78 is 7.53. The zero-order chi connectivity index (χ0) is 16.6. The summed E-state index contributed by atoms with van der Waals surface area (Å²) in [5.74, 6) is 1.22. The molecule has 3 rings (SSSR count). The zero-order valence-electron chi connectivity index (χ0n) is 12.7. The molecule has 3 aromatic rings. The fourth-order valence-corrected chi connectivity index (χ4v) is 2.46. The summed E-state index contributed by atoms with van der Waals surface area (Å²) in [4.78, 5) is 0. The number of aryl methyl sites for hydroxylation is 2. The van der Waals surface area contributed by atoms with Crippen molar-refractivity contribution in [2.45, 2.75) is 13.8 Å². The summed E-state index contributed by atoms with van der Waals surface area (Å²) in [6.45, 7) is 3.89. The van der Waals surface area contributed by atoms with Crippen molar-refractivity contribution in [3.63, 3.8) is 0 Å². The van der Waals surface area contributed by atoms with Crippen molar-refractivity contribution in [1.82, 2.24) is 9.78 Å². The fourth-order valence-electron chi connectivity index (χ4n) is 2.17. The summed E-state index contributed by atoms with van der Waals surface area (Å²) in [5, 5.41) is 5.39. The summed E-state index contributed by atoms with van der Waals surface area (Å²) in [5.41, 5.74) is 9.37. The van der Waals surface area contributed by atoms with Crippen molar-refractivity contribution in [3.8, 4) is 17.3 Å². The van der Waals surface area contributed by atoms with Crippen LogP contribution in [-0.2, 0) is 0 Å². The van der Waals surface area contributed by atoms with Crippen molar-refractivity contribution in [3.05, 3.63) is 63.8 Å². The molecule has 0 amide bonds. The van der Waals surface area contributed by atoms with Crippen LogP contribution in [0.3, 0.4) is 0 Å². The van der Waals surface area contributed by atoms with E-state index in [1.165, 1.54) is 0 Å². The Balaban J connectivity index is 1.88. The Morgan fingerprint density at radius 1 is 1.00 bits per heavy atom. The second-order valence-electron chi connectivity index (χ2n) is 5.27. The van der Waals surface area contributed by atoms with Crippen LogP contribution in [0.25, 0.3) is 5.69 Å². The highest BCUT2D eigenvalue weighted by Gasteiger charge is 2.08. The van der Waals surface area contributed by atoms with Crippen LogP contribution >= 0.6 is 23.2 Å². The van der Waals surface area contributed by atoms with Crippen LogP contribution in [0, 0.1) is 13.8 Å².